The lowest BCUT2D eigenvalue weighted by Crippen LogP contribution is -2.34. The molecule has 57 heavy (non-hydrogen) atoms. The number of anilines is 2. The fourth-order valence-corrected chi connectivity index (χ4v) is 9.87. The normalized spacial score (nSPS) is 22.9. The predicted octanol–water partition coefficient (Wildman–Crippen LogP) is 7.72. The molecule has 304 valence electrons. The molecule has 3 heterocycles. The standard InChI is InChI=1S/C46H61N7O4/c1-7-10-38(42-49-40-28-52(23-16-41(40)51(42)6)24-21-45-17-19-46(29-45,20-18-45)44(56)57)48-36-13-8-11-34(31(36)3)35-12-9-14-37(32(35)4)50-43(55)33(5)47-39-27-53(25-26-54)22-15-30(39)2/h8-14,48,54H,7,15-29H2,1-6H3,(H,50,55)(H,56,57)/b38-10+,47-33+. The highest BCUT2D eigenvalue weighted by Gasteiger charge is 2.57. The van der Waals surface area contributed by atoms with Gasteiger partial charge in [-0.1, -0.05) is 37.3 Å². The number of β-amino-alcohol motifs (C(OH)–C–C–N with tert-alkyl or cyclic N) is 1. The Bertz CT molecular complexity index is 2120. The average Bonchev–Trinajstić information content (AvgIpc) is 3.88. The van der Waals surface area contributed by atoms with Gasteiger partial charge in [0, 0.05) is 63.3 Å². The van der Waals surface area contributed by atoms with Crippen LogP contribution in [0.5, 0.6) is 0 Å². The van der Waals surface area contributed by atoms with Crippen molar-refractivity contribution in [2.24, 2.45) is 22.9 Å². The Labute approximate surface area is 338 Å². The lowest BCUT2D eigenvalue weighted by Gasteiger charge is -2.32. The lowest BCUT2D eigenvalue weighted by molar-refractivity contribution is -0.148. The Kier molecular flexibility index (Phi) is 11.9. The molecule has 2 bridgehead atoms. The molecule has 4 N–H and O–H groups in total. The summed E-state index contributed by atoms with van der Waals surface area (Å²) in [5, 5.41) is 26.2. The number of nitrogens with one attached hydrogen (secondary N) is 2. The number of carbonyl (C=O) groups is 2. The van der Waals surface area contributed by atoms with Crippen molar-refractivity contribution in [1.29, 1.82) is 0 Å². The molecule has 11 heteroatoms. The first-order valence-electron chi connectivity index (χ1n) is 20.9. The maximum atomic E-state index is 13.4. The molecular weight excluding hydrogens is 715 g/mol. The summed E-state index contributed by atoms with van der Waals surface area (Å²) in [7, 11) is 2.13. The zero-order valence-corrected chi connectivity index (χ0v) is 34.8. The minimum Gasteiger partial charge on any atom is -0.481 e. The van der Waals surface area contributed by atoms with E-state index >= 15 is 0 Å². The first-order valence-corrected chi connectivity index (χ1v) is 20.9. The first kappa shape index (κ1) is 40.6. The summed E-state index contributed by atoms with van der Waals surface area (Å²) in [6, 6.07) is 12.3. The number of aromatic nitrogens is 2. The van der Waals surface area contributed by atoms with Crippen LogP contribution in [0, 0.1) is 24.7 Å². The Balaban J connectivity index is 1.05. The third-order valence-corrected chi connectivity index (χ3v) is 13.6. The van der Waals surface area contributed by atoms with E-state index < -0.39 is 11.4 Å². The number of allylic oxidation sites excluding steroid dienone is 1. The number of carboxylic acid groups (broad SMARTS) is 1. The molecule has 1 amide bonds. The molecule has 1 aromatic heterocycles. The molecule has 2 aromatic carbocycles. The molecule has 11 nitrogen and oxygen atoms in total. The average molecular weight is 776 g/mol. The quantitative estimate of drug-likeness (QED) is 0.122. The van der Waals surface area contributed by atoms with E-state index in [4.69, 9.17) is 9.98 Å². The number of imidazole rings is 1. The van der Waals surface area contributed by atoms with Crippen LogP contribution in [0.3, 0.4) is 0 Å². The molecule has 4 aliphatic rings. The molecule has 0 spiro atoms. The Morgan fingerprint density at radius 1 is 0.912 bits per heavy atom. The van der Waals surface area contributed by atoms with Gasteiger partial charge in [0.15, 0.2) is 5.82 Å². The number of hydrogen-bond donors (Lipinski definition) is 4. The molecule has 3 aromatic rings. The Hall–Kier alpha value is -4.58. The van der Waals surface area contributed by atoms with Crippen molar-refractivity contribution in [2.75, 3.05) is 50.0 Å². The maximum Gasteiger partial charge on any atom is 0.309 e. The van der Waals surface area contributed by atoms with Crippen LogP contribution in [0.1, 0.15) is 100 Å². The molecule has 0 atom stereocenters. The van der Waals surface area contributed by atoms with Crippen LogP contribution >= 0.6 is 0 Å². The van der Waals surface area contributed by atoms with Gasteiger partial charge in [0.25, 0.3) is 5.91 Å². The number of aliphatic hydroxyl groups excluding tert-OH is 1. The third-order valence-electron chi connectivity index (χ3n) is 13.6. The number of nitrogens with zero attached hydrogens (tertiary/aromatic N) is 5. The number of carbonyl (C=O) groups excluding carboxylic acids is 1. The number of rotatable bonds is 14. The number of benzene rings is 2. The van der Waals surface area contributed by atoms with Crippen LogP contribution < -0.4 is 10.6 Å². The smallest absolute Gasteiger partial charge is 0.309 e. The predicted molar refractivity (Wildman–Crippen MR) is 228 cm³/mol. The number of aliphatic imine (C=N–C) groups is 1. The van der Waals surface area contributed by atoms with Crippen molar-refractivity contribution in [3.8, 4) is 11.1 Å². The number of fused-ring (bicyclic) bond motifs is 3. The molecule has 2 saturated carbocycles. The summed E-state index contributed by atoms with van der Waals surface area (Å²) < 4.78 is 2.26. The van der Waals surface area contributed by atoms with E-state index in [1.807, 2.05) is 19.1 Å². The first-order chi connectivity index (χ1) is 27.4. The zero-order chi connectivity index (χ0) is 40.5. The lowest BCUT2D eigenvalue weighted by atomic mass is 9.80. The van der Waals surface area contributed by atoms with Gasteiger partial charge in [0.05, 0.1) is 29.1 Å². The summed E-state index contributed by atoms with van der Waals surface area (Å²) >= 11 is 0. The second-order valence-corrected chi connectivity index (χ2v) is 17.2. The van der Waals surface area contributed by atoms with Gasteiger partial charge in [-0.15, -0.1) is 0 Å². The largest absolute Gasteiger partial charge is 0.481 e. The third kappa shape index (κ3) is 8.24. The topological polar surface area (TPSA) is 135 Å². The molecule has 0 radical (unpaired) electrons. The summed E-state index contributed by atoms with van der Waals surface area (Å²) in [4.78, 5) is 40.1. The highest BCUT2D eigenvalue weighted by atomic mass is 16.4. The molecular formula is C46H61N7O4. The monoisotopic (exact) mass is 775 g/mol. The van der Waals surface area contributed by atoms with Crippen molar-refractivity contribution in [1.82, 2.24) is 19.4 Å². The molecule has 2 aliphatic carbocycles. The van der Waals surface area contributed by atoms with Crippen molar-refractivity contribution in [3.63, 3.8) is 0 Å². The Morgan fingerprint density at radius 3 is 2.19 bits per heavy atom. The van der Waals surface area contributed by atoms with E-state index in [1.54, 1.807) is 6.92 Å². The number of hydrogen-bond acceptors (Lipinski definition) is 8. The van der Waals surface area contributed by atoms with Crippen LogP contribution in [0.4, 0.5) is 11.4 Å². The van der Waals surface area contributed by atoms with Crippen molar-refractivity contribution in [3.05, 3.63) is 82.1 Å². The summed E-state index contributed by atoms with van der Waals surface area (Å²) in [5.74, 6) is 0.115. The zero-order valence-electron chi connectivity index (χ0n) is 34.8. The summed E-state index contributed by atoms with van der Waals surface area (Å²) in [6.07, 6.45) is 10.6. The molecule has 2 aliphatic heterocycles. The van der Waals surface area contributed by atoms with Crippen LogP contribution in [0.2, 0.25) is 0 Å². The van der Waals surface area contributed by atoms with Gasteiger partial charge < -0.3 is 25.4 Å². The van der Waals surface area contributed by atoms with E-state index in [1.165, 1.54) is 11.3 Å². The summed E-state index contributed by atoms with van der Waals surface area (Å²) in [5.41, 5.74) is 11.6. The van der Waals surface area contributed by atoms with E-state index in [9.17, 15) is 19.8 Å². The van der Waals surface area contributed by atoms with Crippen LogP contribution in [-0.2, 0) is 29.6 Å². The number of carboxylic acids is 1. The van der Waals surface area contributed by atoms with Crippen molar-refractivity contribution < 1.29 is 19.8 Å². The van der Waals surface area contributed by atoms with Gasteiger partial charge >= 0.3 is 5.97 Å². The van der Waals surface area contributed by atoms with Gasteiger partial charge in [-0.05, 0) is 131 Å². The highest BCUT2D eigenvalue weighted by Crippen LogP contribution is 2.63. The number of aliphatic hydroxyl groups is 1. The molecule has 7 rings (SSSR count). The van der Waals surface area contributed by atoms with Crippen LogP contribution in [0.25, 0.3) is 16.8 Å². The second kappa shape index (κ2) is 16.7. The van der Waals surface area contributed by atoms with Crippen LogP contribution in [-0.4, -0.2) is 86.5 Å². The molecule has 2 fully saturated rings. The van der Waals surface area contributed by atoms with E-state index in [-0.39, 0.29) is 17.9 Å². The summed E-state index contributed by atoms with van der Waals surface area (Å²) in [6.45, 7) is 15.2. The fraction of sp³-hybridized carbons (Fsp3) is 0.522. The minimum absolute atomic E-state index is 0.105. The van der Waals surface area contributed by atoms with Gasteiger partial charge in [0.1, 0.15) is 5.71 Å². The fourth-order valence-electron chi connectivity index (χ4n) is 9.87. The second-order valence-electron chi connectivity index (χ2n) is 17.2. The number of aliphatic carboxylic acids is 1. The van der Waals surface area contributed by atoms with Crippen LogP contribution in [0.15, 0.2) is 58.7 Å². The minimum atomic E-state index is -0.588. The van der Waals surface area contributed by atoms with Gasteiger partial charge in [-0.25, -0.2) is 4.98 Å². The Morgan fingerprint density at radius 2 is 1.56 bits per heavy atom. The molecule has 0 unspecified atom stereocenters. The maximum absolute atomic E-state index is 13.4. The van der Waals surface area contributed by atoms with E-state index in [0.29, 0.717) is 18.8 Å². The van der Waals surface area contributed by atoms with E-state index in [0.717, 1.165) is 141 Å². The van der Waals surface area contributed by atoms with Gasteiger partial charge in [0.2, 0.25) is 0 Å². The molecule has 0 saturated heterocycles. The van der Waals surface area contributed by atoms with Crippen molar-refractivity contribution >= 4 is 34.7 Å². The van der Waals surface area contributed by atoms with Gasteiger partial charge in [-0.2, -0.15) is 0 Å². The van der Waals surface area contributed by atoms with Gasteiger partial charge in [-0.3, -0.25) is 24.4 Å². The number of amides is 1. The SMILES string of the molecule is CC/C=C(/Nc1cccc(-c2cccc(NC(=O)/C(C)=N/C3=C(C)CCN(CCO)C3)c2C)c1C)c1nc2c(n1C)CCN(CCC13CCC(C(=O)O)(CC1)C3)C2. The van der Waals surface area contributed by atoms with E-state index in [2.05, 4.69) is 83.2 Å². The van der Waals surface area contributed by atoms with Crippen molar-refractivity contribution in [2.45, 2.75) is 99.0 Å². The highest BCUT2D eigenvalue weighted by molar-refractivity contribution is 6.42.